The Balaban J connectivity index is 1.77. The number of carbonyl (C=O) groups is 2. The van der Waals surface area contributed by atoms with Crippen LogP contribution in [0.3, 0.4) is 0 Å². The van der Waals surface area contributed by atoms with Gasteiger partial charge < -0.3 is 19.6 Å². The third-order valence-corrected chi connectivity index (χ3v) is 3.94. The topological polar surface area (TPSA) is 91.8 Å². The Morgan fingerprint density at radius 1 is 1.04 bits per heavy atom. The van der Waals surface area contributed by atoms with Crippen molar-refractivity contribution in [3.63, 3.8) is 0 Å². The summed E-state index contributed by atoms with van der Waals surface area (Å²) in [6.07, 6.45) is 0. The molecule has 134 valence electrons. The van der Waals surface area contributed by atoms with Crippen molar-refractivity contribution >= 4 is 22.8 Å². The molecular weight excluding hydrogens is 334 g/mol. The van der Waals surface area contributed by atoms with Gasteiger partial charge in [-0.1, -0.05) is 30.3 Å². The van der Waals surface area contributed by atoms with Crippen LogP contribution in [0.25, 0.3) is 11.0 Å². The first-order valence-electron chi connectivity index (χ1n) is 8.24. The highest BCUT2D eigenvalue weighted by Crippen LogP contribution is 2.27. The van der Waals surface area contributed by atoms with E-state index in [9.17, 15) is 9.59 Å². The zero-order chi connectivity index (χ0) is 18.5. The first-order chi connectivity index (χ1) is 12.6. The number of carbonyl (C=O) groups excluding carboxylic acids is 2. The summed E-state index contributed by atoms with van der Waals surface area (Å²) in [5.41, 5.74) is 7.64. The fraction of sp³-hybridized carbons (Fsp3) is 0.200. The van der Waals surface area contributed by atoms with Crippen LogP contribution < -0.4 is 5.73 Å². The highest BCUT2D eigenvalue weighted by Gasteiger charge is 2.22. The molecule has 3 aromatic rings. The van der Waals surface area contributed by atoms with Crippen LogP contribution in [0.1, 0.15) is 39.0 Å². The van der Waals surface area contributed by atoms with E-state index in [4.69, 9.17) is 19.6 Å². The molecule has 0 bridgehead atoms. The summed E-state index contributed by atoms with van der Waals surface area (Å²) in [5.74, 6) is -0.917. The van der Waals surface area contributed by atoms with Gasteiger partial charge in [0.15, 0.2) is 0 Å². The van der Waals surface area contributed by atoms with Crippen molar-refractivity contribution in [2.24, 2.45) is 5.73 Å². The summed E-state index contributed by atoms with van der Waals surface area (Å²) < 4.78 is 16.5. The molecule has 2 aromatic carbocycles. The Bertz CT molecular complexity index is 927. The number of hydrogen-bond donors (Lipinski definition) is 1. The molecule has 0 radical (unpaired) electrons. The van der Waals surface area contributed by atoms with Gasteiger partial charge in [0.2, 0.25) is 11.7 Å². The maximum atomic E-state index is 12.5. The van der Waals surface area contributed by atoms with Gasteiger partial charge in [-0.25, -0.2) is 4.79 Å². The predicted molar refractivity (Wildman–Crippen MR) is 95.6 cm³/mol. The molecule has 0 aliphatic carbocycles. The van der Waals surface area contributed by atoms with E-state index in [0.29, 0.717) is 23.3 Å². The standard InChI is InChI=1S/C20H19NO5/c1-2-24-12-16-15-5-3-4-6-17(15)26-18(16)20(23)25-11-13-7-9-14(10-8-13)19(21)22/h3-10H,2,11-12H2,1H3,(H2,21,22). The third kappa shape index (κ3) is 3.75. The molecule has 0 unspecified atom stereocenters. The van der Waals surface area contributed by atoms with Crippen LogP contribution in [-0.4, -0.2) is 18.5 Å². The average molecular weight is 353 g/mol. The average Bonchev–Trinajstić information content (AvgIpc) is 3.03. The van der Waals surface area contributed by atoms with Gasteiger partial charge in [0.1, 0.15) is 12.2 Å². The molecule has 0 atom stereocenters. The molecule has 0 fully saturated rings. The number of hydrogen-bond acceptors (Lipinski definition) is 5. The van der Waals surface area contributed by atoms with Gasteiger partial charge in [0.05, 0.1) is 6.61 Å². The van der Waals surface area contributed by atoms with Crippen LogP contribution in [0.2, 0.25) is 0 Å². The lowest BCUT2D eigenvalue weighted by molar-refractivity contribution is 0.0430. The largest absolute Gasteiger partial charge is 0.455 e. The number of primary amides is 1. The number of furan rings is 1. The molecule has 0 saturated heterocycles. The van der Waals surface area contributed by atoms with Gasteiger partial charge in [-0.2, -0.15) is 0 Å². The van der Waals surface area contributed by atoms with Crippen LogP contribution >= 0.6 is 0 Å². The molecule has 26 heavy (non-hydrogen) atoms. The number of nitrogens with two attached hydrogens (primary N) is 1. The Labute approximate surface area is 150 Å². The van der Waals surface area contributed by atoms with Crippen LogP contribution in [0.5, 0.6) is 0 Å². The zero-order valence-corrected chi connectivity index (χ0v) is 14.4. The first kappa shape index (κ1) is 17.7. The summed E-state index contributed by atoms with van der Waals surface area (Å²) >= 11 is 0. The predicted octanol–water partition coefficient (Wildman–Crippen LogP) is 3.43. The minimum atomic E-state index is -0.560. The Hall–Kier alpha value is -3.12. The summed E-state index contributed by atoms with van der Waals surface area (Å²) in [6.45, 7) is 2.74. The first-order valence-corrected chi connectivity index (χ1v) is 8.24. The van der Waals surface area contributed by atoms with Crippen molar-refractivity contribution in [2.45, 2.75) is 20.1 Å². The second kappa shape index (κ2) is 7.84. The monoisotopic (exact) mass is 353 g/mol. The minimum Gasteiger partial charge on any atom is -0.455 e. The van der Waals surface area contributed by atoms with Gasteiger partial charge in [-0.3, -0.25) is 4.79 Å². The molecule has 0 aliphatic rings. The van der Waals surface area contributed by atoms with E-state index in [-0.39, 0.29) is 19.0 Å². The van der Waals surface area contributed by atoms with Crippen LogP contribution in [0, 0.1) is 0 Å². The summed E-state index contributed by atoms with van der Waals surface area (Å²) in [6, 6.07) is 14.0. The van der Waals surface area contributed by atoms with E-state index in [2.05, 4.69) is 0 Å². The fourth-order valence-electron chi connectivity index (χ4n) is 2.59. The maximum Gasteiger partial charge on any atom is 0.374 e. The quantitative estimate of drug-likeness (QED) is 0.657. The number of esters is 1. The van der Waals surface area contributed by atoms with Gasteiger partial charge in [-0.15, -0.1) is 0 Å². The van der Waals surface area contributed by atoms with E-state index in [0.717, 1.165) is 10.9 Å². The van der Waals surface area contributed by atoms with Crippen molar-refractivity contribution < 1.29 is 23.5 Å². The molecule has 0 spiro atoms. The minimum absolute atomic E-state index is 0.0585. The van der Waals surface area contributed by atoms with E-state index in [1.165, 1.54) is 0 Å². The highest BCUT2D eigenvalue weighted by molar-refractivity contribution is 5.96. The second-order valence-corrected chi connectivity index (χ2v) is 5.68. The van der Waals surface area contributed by atoms with Gasteiger partial charge in [0.25, 0.3) is 0 Å². The molecule has 1 amide bonds. The molecule has 6 nitrogen and oxygen atoms in total. The molecular formula is C20H19NO5. The molecule has 0 saturated carbocycles. The zero-order valence-electron chi connectivity index (χ0n) is 14.4. The number of ether oxygens (including phenoxy) is 2. The highest BCUT2D eigenvalue weighted by atomic mass is 16.5. The molecule has 3 rings (SSSR count). The third-order valence-electron chi connectivity index (χ3n) is 3.94. The van der Waals surface area contributed by atoms with Gasteiger partial charge >= 0.3 is 5.97 Å². The lowest BCUT2D eigenvalue weighted by atomic mass is 10.1. The fourth-order valence-corrected chi connectivity index (χ4v) is 2.59. The number of benzene rings is 2. The van der Waals surface area contributed by atoms with Crippen LogP contribution in [0.4, 0.5) is 0 Å². The second-order valence-electron chi connectivity index (χ2n) is 5.68. The molecule has 6 heteroatoms. The summed E-state index contributed by atoms with van der Waals surface area (Å²) in [4.78, 5) is 23.6. The van der Waals surface area contributed by atoms with E-state index >= 15 is 0 Å². The van der Waals surface area contributed by atoms with Gasteiger partial charge in [0, 0.05) is 23.1 Å². The van der Waals surface area contributed by atoms with Crippen molar-refractivity contribution in [1.82, 2.24) is 0 Å². The van der Waals surface area contributed by atoms with E-state index < -0.39 is 11.9 Å². The van der Waals surface area contributed by atoms with Crippen LogP contribution in [-0.2, 0) is 22.7 Å². The number of fused-ring (bicyclic) bond motifs is 1. The van der Waals surface area contributed by atoms with Crippen molar-refractivity contribution in [2.75, 3.05) is 6.61 Å². The summed E-state index contributed by atoms with van der Waals surface area (Å²) in [7, 11) is 0. The van der Waals surface area contributed by atoms with E-state index in [1.807, 2.05) is 25.1 Å². The molecule has 1 aromatic heterocycles. The Morgan fingerprint density at radius 3 is 2.46 bits per heavy atom. The number of para-hydroxylation sites is 1. The molecule has 1 heterocycles. The lowest BCUT2D eigenvalue weighted by Crippen LogP contribution is -2.11. The Kier molecular flexibility index (Phi) is 5.34. The number of amides is 1. The van der Waals surface area contributed by atoms with E-state index in [1.54, 1.807) is 30.3 Å². The number of rotatable bonds is 7. The lowest BCUT2D eigenvalue weighted by Gasteiger charge is -2.06. The Morgan fingerprint density at radius 2 is 1.77 bits per heavy atom. The normalized spacial score (nSPS) is 10.8. The molecule has 2 N–H and O–H groups in total. The van der Waals surface area contributed by atoms with Gasteiger partial charge in [-0.05, 0) is 30.7 Å². The SMILES string of the molecule is CCOCc1c(C(=O)OCc2ccc(C(N)=O)cc2)oc2ccccc12. The maximum absolute atomic E-state index is 12.5. The van der Waals surface area contributed by atoms with Crippen LogP contribution in [0.15, 0.2) is 52.9 Å². The van der Waals surface area contributed by atoms with Crippen molar-refractivity contribution in [3.05, 3.63) is 71.0 Å². The smallest absolute Gasteiger partial charge is 0.374 e. The molecule has 0 aliphatic heterocycles. The summed E-state index contributed by atoms with van der Waals surface area (Å²) in [5, 5.41) is 0.832. The van der Waals surface area contributed by atoms with Crippen molar-refractivity contribution in [3.8, 4) is 0 Å². The van der Waals surface area contributed by atoms with Crippen molar-refractivity contribution in [1.29, 1.82) is 0 Å².